The molecule has 1 heterocycles. The van der Waals surface area contributed by atoms with Crippen LogP contribution < -0.4 is 5.32 Å². The molecule has 6 heteroatoms. The predicted molar refractivity (Wildman–Crippen MR) is 95.2 cm³/mol. The van der Waals surface area contributed by atoms with Crippen molar-refractivity contribution in [2.24, 2.45) is 0 Å². The quantitative estimate of drug-likeness (QED) is 0.673. The van der Waals surface area contributed by atoms with Crippen molar-refractivity contribution < 1.29 is 14.3 Å². The van der Waals surface area contributed by atoms with Crippen molar-refractivity contribution in [3.8, 4) is 5.69 Å². The number of amides is 1. The molecule has 1 aliphatic rings. The first-order chi connectivity index (χ1) is 12.3. The molecule has 0 spiro atoms. The molecule has 25 heavy (non-hydrogen) atoms. The molecule has 1 aliphatic carbocycles. The fraction of sp³-hybridized carbons (Fsp3) is 0.474. The van der Waals surface area contributed by atoms with E-state index in [0.717, 1.165) is 30.6 Å². The smallest absolute Gasteiger partial charge is 0.270 e. The Morgan fingerprint density at radius 1 is 1.24 bits per heavy atom. The Bertz CT molecular complexity index is 680. The number of nitrogens with zero attached hydrogens (tertiary/aromatic N) is 2. The first-order valence-corrected chi connectivity index (χ1v) is 8.80. The van der Waals surface area contributed by atoms with Crippen LogP contribution in [0.15, 0.2) is 36.4 Å². The van der Waals surface area contributed by atoms with Gasteiger partial charge in [0.2, 0.25) is 0 Å². The molecule has 0 aliphatic heterocycles. The molecule has 134 valence electrons. The summed E-state index contributed by atoms with van der Waals surface area (Å²) in [6.45, 7) is 2.35. The van der Waals surface area contributed by atoms with Gasteiger partial charge in [-0.15, -0.1) is 0 Å². The second-order valence-corrected chi connectivity index (χ2v) is 6.19. The van der Waals surface area contributed by atoms with Gasteiger partial charge in [-0.25, -0.2) is 4.68 Å². The Morgan fingerprint density at radius 2 is 2.04 bits per heavy atom. The number of methoxy groups -OCH3 is 1. The number of hydrogen-bond donors (Lipinski definition) is 1. The molecule has 1 amide bonds. The molecule has 0 atom stereocenters. The Labute approximate surface area is 148 Å². The highest BCUT2D eigenvalue weighted by Crippen LogP contribution is 2.39. The fourth-order valence-electron chi connectivity index (χ4n) is 2.62. The average molecular weight is 343 g/mol. The molecule has 0 unspecified atom stereocenters. The van der Waals surface area contributed by atoms with Crippen LogP contribution in [-0.4, -0.2) is 49.2 Å². The van der Waals surface area contributed by atoms with Gasteiger partial charge in [-0.05, 0) is 37.5 Å². The molecule has 1 fully saturated rings. The highest BCUT2D eigenvalue weighted by Gasteiger charge is 2.28. The van der Waals surface area contributed by atoms with E-state index in [2.05, 4.69) is 10.4 Å². The Morgan fingerprint density at radius 3 is 2.76 bits per heavy atom. The maximum atomic E-state index is 12.6. The molecule has 1 aromatic carbocycles. The first-order valence-electron chi connectivity index (χ1n) is 8.80. The Balaban J connectivity index is 1.59. The molecular formula is C19H25N3O3. The Kier molecular flexibility index (Phi) is 6.19. The van der Waals surface area contributed by atoms with Crippen molar-refractivity contribution in [2.45, 2.75) is 25.2 Å². The van der Waals surface area contributed by atoms with Gasteiger partial charge >= 0.3 is 0 Å². The fourth-order valence-corrected chi connectivity index (χ4v) is 2.62. The number of aromatic nitrogens is 2. The van der Waals surface area contributed by atoms with Gasteiger partial charge in [-0.2, -0.15) is 5.10 Å². The van der Waals surface area contributed by atoms with Crippen LogP contribution in [0.5, 0.6) is 0 Å². The number of rotatable bonds is 10. The summed E-state index contributed by atoms with van der Waals surface area (Å²) < 4.78 is 12.1. The van der Waals surface area contributed by atoms with Crippen LogP contribution in [0.4, 0.5) is 0 Å². The molecule has 0 saturated heterocycles. The second-order valence-electron chi connectivity index (χ2n) is 6.19. The van der Waals surface area contributed by atoms with Crippen LogP contribution in [0.3, 0.4) is 0 Å². The summed E-state index contributed by atoms with van der Waals surface area (Å²) in [5.74, 6) is 0.408. The summed E-state index contributed by atoms with van der Waals surface area (Å²) in [7, 11) is 1.65. The van der Waals surface area contributed by atoms with Crippen LogP contribution in [0.2, 0.25) is 0 Å². The summed E-state index contributed by atoms with van der Waals surface area (Å²) in [6.07, 6.45) is 3.09. The van der Waals surface area contributed by atoms with Crippen LogP contribution in [-0.2, 0) is 9.47 Å². The van der Waals surface area contributed by atoms with E-state index in [4.69, 9.17) is 9.47 Å². The molecular weight excluding hydrogens is 318 g/mol. The summed E-state index contributed by atoms with van der Waals surface area (Å²) in [5, 5.41) is 7.62. The summed E-state index contributed by atoms with van der Waals surface area (Å²) in [6, 6.07) is 11.7. The third kappa shape index (κ3) is 4.90. The molecule has 1 aromatic heterocycles. The van der Waals surface area contributed by atoms with Crippen LogP contribution in [0.1, 0.15) is 41.4 Å². The van der Waals surface area contributed by atoms with Crippen molar-refractivity contribution in [3.05, 3.63) is 47.8 Å². The van der Waals surface area contributed by atoms with E-state index in [1.54, 1.807) is 11.8 Å². The molecule has 1 N–H and O–H groups in total. The SMILES string of the molecule is COCCOCCCNC(=O)c1cc(C2CC2)nn1-c1ccccc1. The van der Waals surface area contributed by atoms with Crippen molar-refractivity contribution in [1.82, 2.24) is 15.1 Å². The lowest BCUT2D eigenvalue weighted by atomic mass is 10.2. The van der Waals surface area contributed by atoms with Gasteiger partial charge in [0.25, 0.3) is 5.91 Å². The second kappa shape index (κ2) is 8.78. The third-order valence-corrected chi connectivity index (χ3v) is 4.14. The van der Waals surface area contributed by atoms with Gasteiger partial charge in [0.1, 0.15) is 5.69 Å². The van der Waals surface area contributed by atoms with Crippen molar-refractivity contribution in [3.63, 3.8) is 0 Å². The maximum absolute atomic E-state index is 12.6. The zero-order valence-electron chi connectivity index (χ0n) is 14.6. The number of para-hydroxylation sites is 1. The van der Waals surface area contributed by atoms with Gasteiger partial charge in [0, 0.05) is 26.2 Å². The van der Waals surface area contributed by atoms with Crippen LogP contribution in [0, 0.1) is 0 Å². The highest BCUT2D eigenvalue weighted by atomic mass is 16.5. The van der Waals surface area contributed by atoms with Crippen LogP contribution in [0.25, 0.3) is 5.69 Å². The summed E-state index contributed by atoms with van der Waals surface area (Å²) >= 11 is 0. The lowest BCUT2D eigenvalue weighted by Crippen LogP contribution is -2.27. The molecule has 0 bridgehead atoms. The minimum atomic E-state index is -0.0971. The predicted octanol–water partition coefficient (Wildman–Crippen LogP) is 2.53. The lowest BCUT2D eigenvalue weighted by molar-refractivity contribution is 0.0688. The summed E-state index contributed by atoms with van der Waals surface area (Å²) in [5.41, 5.74) is 2.51. The lowest BCUT2D eigenvalue weighted by Gasteiger charge is -2.08. The molecule has 2 aromatic rings. The number of benzene rings is 1. The number of carbonyl (C=O) groups is 1. The molecule has 0 radical (unpaired) electrons. The monoisotopic (exact) mass is 343 g/mol. The third-order valence-electron chi connectivity index (χ3n) is 4.14. The van der Waals surface area contributed by atoms with Gasteiger partial charge in [0.15, 0.2) is 0 Å². The number of carbonyl (C=O) groups excluding carboxylic acids is 1. The Hall–Kier alpha value is -2.18. The van der Waals surface area contributed by atoms with Gasteiger partial charge in [0.05, 0.1) is 24.6 Å². The van der Waals surface area contributed by atoms with Crippen LogP contribution >= 0.6 is 0 Å². The molecule has 6 nitrogen and oxygen atoms in total. The minimum absolute atomic E-state index is 0.0971. The number of nitrogens with one attached hydrogen (secondary N) is 1. The largest absolute Gasteiger partial charge is 0.382 e. The van der Waals surface area contributed by atoms with Gasteiger partial charge < -0.3 is 14.8 Å². The van der Waals surface area contributed by atoms with E-state index in [9.17, 15) is 4.79 Å². The van der Waals surface area contributed by atoms with Crippen molar-refractivity contribution >= 4 is 5.91 Å². The van der Waals surface area contributed by atoms with E-state index >= 15 is 0 Å². The van der Waals surface area contributed by atoms with Gasteiger partial charge in [-0.3, -0.25) is 4.79 Å². The van der Waals surface area contributed by atoms with Crippen molar-refractivity contribution in [2.75, 3.05) is 33.5 Å². The number of ether oxygens (including phenoxy) is 2. The zero-order chi connectivity index (χ0) is 17.5. The van der Waals surface area contributed by atoms with Gasteiger partial charge in [-0.1, -0.05) is 18.2 Å². The van der Waals surface area contributed by atoms with E-state index in [1.165, 1.54) is 0 Å². The van der Waals surface area contributed by atoms with Crippen molar-refractivity contribution in [1.29, 1.82) is 0 Å². The minimum Gasteiger partial charge on any atom is -0.382 e. The van der Waals surface area contributed by atoms with E-state index < -0.39 is 0 Å². The molecule has 1 saturated carbocycles. The summed E-state index contributed by atoms with van der Waals surface area (Å²) in [4.78, 5) is 12.6. The van der Waals surface area contributed by atoms with E-state index in [1.807, 2.05) is 36.4 Å². The maximum Gasteiger partial charge on any atom is 0.270 e. The first kappa shape index (κ1) is 17.6. The standard InChI is InChI=1S/C19H25N3O3/c1-24-12-13-25-11-5-10-20-19(23)18-14-17(15-8-9-15)21-22(18)16-6-3-2-4-7-16/h2-4,6-7,14-15H,5,8-13H2,1H3,(H,20,23). The zero-order valence-corrected chi connectivity index (χ0v) is 14.6. The van der Waals surface area contributed by atoms with E-state index in [0.29, 0.717) is 38.0 Å². The average Bonchev–Trinajstić information content (AvgIpc) is 3.40. The van der Waals surface area contributed by atoms with E-state index in [-0.39, 0.29) is 5.91 Å². The topological polar surface area (TPSA) is 65.4 Å². The number of hydrogen-bond acceptors (Lipinski definition) is 4. The normalized spacial score (nSPS) is 13.8. The highest BCUT2D eigenvalue weighted by molar-refractivity contribution is 5.93. The molecule has 3 rings (SSSR count).